The molecule has 3 atom stereocenters. The molecule has 0 unspecified atom stereocenters. The lowest BCUT2D eigenvalue weighted by molar-refractivity contribution is -0.0588. The summed E-state index contributed by atoms with van der Waals surface area (Å²) < 4.78 is 12.0. The fourth-order valence-electron chi connectivity index (χ4n) is 4.07. The Morgan fingerprint density at radius 1 is 1.28 bits per heavy atom. The van der Waals surface area contributed by atoms with Crippen LogP contribution in [0.3, 0.4) is 0 Å². The Labute approximate surface area is 153 Å². The highest BCUT2D eigenvalue weighted by Gasteiger charge is 2.40. The van der Waals surface area contributed by atoms with Crippen LogP contribution < -0.4 is 0 Å². The van der Waals surface area contributed by atoms with Crippen LogP contribution in [0.15, 0.2) is 35.7 Å². The second-order valence-corrected chi connectivity index (χ2v) is 8.18. The molecule has 134 valence electrons. The predicted octanol–water partition coefficient (Wildman–Crippen LogP) is 3.65. The number of nitrogens with zero attached hydrogens (tertiary/aromatic N) is 2. The first-order valence-electron chi connectivity index (χ1n) is 9.16. The lowest BCUT2D eigenvalue weighted by Crippen LogP contribution is -2.47. The van der Waals surface area contributed by atoms with E-state index in [1.165, 1.54) is 11.3 Å². The third-order valence-electron chi connectivity index (χ3n) is 5.24. The predicted molar refractivity (Wildman–Crippen MR) is 99.6 cm³/mol. The summed E-state index contributed by atoms with van der Waals surface area (Å²) in [6, 6.07) is 11.0. The van der Waals surface area contributed by atoms with E-state index in [1.807, 2.05) is 36.5 Å². The molecule has 0 aromatic carbocycles. The second kappa shape index (κ2) is 7.96. The summed E-state index contributed by atoms with van der Waals surface area (Å²) in [6.07, 6.45) is 2.67. The van der Waals surface area contributed by atoms with Crippen molar-refractivity contribution in [2.45, 2.75) is 45.1 Å². The highest BCUT2D eigenvalue weighted by atomic mass is 32.1. The fourth-order valence-corrected chi connectivity index (χ4v) is 4.80. The molecule has 2 fully saturated rings. The Balaban J connectivity index is 1.29. The van der Waals surface area contributed by atoms with E-state index in [-0.39, 0.29) is 0 Å². The van der Waals surface area contributed by atoms with Crippen molar-refractivity contribution in [3.8, 4) is 0 Å². The van der Waals surface area contributed by atoms with Gasteiger partial charge in [-0.25, -0.2) is 0 Å². The zero-order valence-electron chi connectivity index (χ0n) is 14.8. The van der Waals surface area contributed by atoms with Gasteiger partial charge in [0.25, 0.3) is 0 Å². The average molecular weight is 359 g/mol. The molecule has 4 rings (SSSR count). The van der Waals surface area contributed by atoms with Gasteiger partial charge in [0, 0.05) is 29.7 Å². The van der Waals surface area contributed by atoms with Gasteiger partial charge in [-0.05, 0) is 49.3 Å². The molecule has 1 aliphatic carbocycles. The lowest BCUT2D eigenvalue weighted by atomic mass is 10.1. The van der Waals surface area contributed by atoms with Crippen LogP contribution >= 0.6 is 11.3 Å². The quantitative estimate of drug-likeness (QED) is 0.789. The molecule has 0 N–H and O–H groups in total. The van der Waals surface area contributed by atoms with Crippen LogP contribution in [0.5, 0.6) is 0 Å². The molecular formula is C20H26N2O2S. The van der Waals surface area contributed by atoms with Crippen LogP contribution in [0.2, 0.25) is 0 Å². The summed E-state index contributed by atoms with van der Waals surface area (Å²) in [5.74, 6) is 0.587. The minimum absolute atomic E-state index is 0.374. The molecule has 1 saturated carbocycles. The van der Waals surface area contributed by atoms with Gasteiger partial charge in [-0.3, -0.25) is 9.88 Å². The van der Waals surface area contributed by atoms with Crippen molar-refractivity contribution in [2.24, 2.45) is 5.92 Å². The van der Waals surface area contributed by atoms with Gasteiger partial charge >= 0.3 is 0 Å². The molecule has 1 aliphatic heterocycles. The van der Waals surface area contributed by atoms with Crippen molar-refractivity contribution >= 4 is 11.3 Å². The third-order valence-corrected chi connectivity index (χ3v) is 6.10. The number of pyridine rings is 1. The van der Waals surface area contributed by atoms with Crippen molar-refractivity contribution in [1.82, 2.24) is 9.88 Å². The first-order valence-corrected chi connectivity index (χ1v) is 10.0. The Bertz CT molecular complexity index is 676. The maximum atomic E-state index is 6.06. The molecule has 2 aromatic heterocycles. The number of fused-ring (bicyclic) bond motifs is 1. The van der Waals surface area contributed by atoms with Crippen LogP contribution in [0, 0.1) is 12.8 Å². The van der Waals surface area contributed by atoms with Crippen LogP contribution in [0.25, 0.3) is 0 Å². The Morgan fingerprint density at radius 2 is 2.24 bits per heavy atom. The Hall–Kier alpha value is -1.27. The molecule has 0 bridgehead atoms. The van der Waals surface area contributed by atoms with Gasteiger partial charge in [-0.1, -0.05) is 12.1 Å². The Kier molecular flexibility index (Phi) is 5.46. The van der Waals surface area contributed by atoms with E-state index >= 15 is 0 Å². The second-order valence-electron chi connectivity index (χ2n) is 7.15. The van der Waals surface area contributed by atoms with Crippen molar-refractivity contribution in [1.29, 1.82) is 0 Å². The Morgan fingerprint density at radius 3 is 3.08 bits per heavy atom. The summed E-state index contributed by atoms with van der Waals surface area (Å²) in [5.41, 5.74) is 2.07. The van der Waals surface area contributed by atoms with E-state index < -0.39 is 0 Å². The summed E-state index contributed by atoms with van der Waals surface area (Å²) in [4.78, 5) is 8.57. The molecule has 4 nitrogen and oxygen atoms in total. The molecule has 25 heavy (non-hydrogen) atoms. The van der Waals surface area contributed by atoms with E-state index in [1.54, 1.807) is 0 Å². The molecule has 0 amide bonds. The monoisotopic (exact) mass is 358 g/mol. The molecule has 0 spiro atoms. The summed E-state index contributed by atoms with van der Waals surface area (Å²) in [6.45, 7) is 6.38. The number of aromatic nitrogens is 1. The summed E-state index contributed by atoms with van der Waals surface area (Å²) in [7, 11) is 0. The zero-order chi connectivity index (χ0) is 17.1. The number of thiophene rings is 1. The molecule has 2 aliphatic rings. The van der Waals surface area contributed by atoms with Gasteiger partial charge in [0.15, 0.2) is 0 Å². The van der Waals surface area contributed by atoms with Crippen molar-refractivity contribution in [2.75, 3.05) is 19.8 Å². The fraction of sp³-hybridized carbons (Fsp3) is 0.550. The van der Waals surface area contributed by atoms with Crippen LogP contribution in [0.1, 0.15) is 29.1 Å². The van der Waals surface area contributed by atoms with Gasteiger partial charge in [0.1, 0.15) is 0 Å². The standard InChI is InChI=1S/C20H26N2O2S/c1-15-4-2-5-17(21-15)14-23-13-16-10-19-20(11-16)24-8-7-22(19)12-18-6-3-9-25-18/h2-6,9,16,19-20H,7-8,10-14H2,1H3/t16-,19-,20+/m0/s1. The van der Waals surface area contributed by atoms with Gasteiger partial charge in [0.05, 0.1) is 31.6 Å². The van der Waals surface area contributed by atoms with Crippen molar-refractivity contribution in [3.63, 3.8) is 0 Å². The summed E-state index contributed by atoms with van der Waals surface area (Å²) >= 11 is 1.85. The van der Waals surface area contributed by atoms with Crippen molar-refractivity contribution < 1.29 is 9.47 Å². The molecular weight excluding hydrogens is 332 g/mol. The number of aryl methyl sites for hydroxylation is 1. The maximum Gasteiger partial charge on any atom is 0.0888 e. The average Bonchev–Trinajstić information content (AvgIpc) is 3.25. The maximum absolute atomic E-state index is 6.06. The van der Waals surface area contributed by atoms with Gasteiger partial charge in [-0.2, -0.15) is 0 Å². The molecule has 0 radical (unpaired) electrons. The van der Waals surface area contributed by atoms with Gasteiger partial charge in [-0.15, -0.1) is 11.3 Å². The highest BCUT2D eigenvalue weighted by Crippen LogP contribution is 2.35. The topological polar surface area (TPSA) is 34.6 Å². The van der Waals surface area contributed by atoms with Crippen molar-refractivity contribution in [3.05, 3.63) is 52.0 Å². The normalized spacial score (nSPS) is 26.7. The minimum Gasteiger partial charge on any atom is -0.375 e. The smallest absolute Gasteiger partial charge is 0.0888 e. The highest BCUT2D eigenvalue weighted by molar-refractivity contribution is 7.09. The van der Waals surface area contributed by atoms with Gasteiger partial charge < -0.3 is 9.47 Å². The number of morpholine rings is 1. The first-order chi connectivity index (χ1) is 12.3. The van der Waals surface area contributed by atoms with E-state index in [4.69, 9.17) is 9.47 Å². The number of hydrogen-bond acceptors (Lipinski definition) is 5. The first kappa shape index (κ1) is 17.2. The van der Waals surface area contributed by atoms with E-state index in [9.17, 15) is 0 Å². The molecule has 1 saturated heterocycles. The summed E-state index contributed by atoms with van der Waals surface area (Å²) in [5, 5.41) is 2.16. The van der Waals surface area contributed by atoms with Crippen LogP contribution in [-0.2, 0) is 22.6 Å². The lowest BCUT2D eigenvalue weighted by Gasteiger charge is -2.37. The minimum atomic E-state index is 0.374. The van der Waals surface area contributed by atoms with Crippen LogP contribution in [0.4, 0.5) is 0 Å². The molecule has 3 heterocycles. The molecule has 5 heteroatoms. The molecule has 2 aromatic rings. The van der Waals surface area contributed by atoms with E-state index in [0.717, 1.165) is 44.1 Å². The largest absolute Gasteiger partial charge is 0.375 e. The van der Waals surface area contributed by atoms with Gasteiger partial charge in [0.2, 0.25) is 0 Å². The van der Waals surface area contributed by atoms with Crippen LogP contribution in [-0.4, -0.2) is 41.8 Å². The third kappa shape index (κ3) is 4.29. The van der Waals surface area contributed by atoms with E-state index in [0.29, 0.717) is 24.7 Å². The number of hydrogen-bond donors (Lipinski definition) is 0. The van der Waals surface area contributed by atoms with E-state index in [2.05, 4.69) is 27.4 Å². The zero-order valence-corrected chi connectivity index (χ0v) is 15.6. The SMILES string of the molecule is Cc1cccc(COC[C@@H]2C[C@H]3OCCN(Cc4cccs4)[C@H]3C2)n1. The number of ether oxygens (including phenoxy) is 2. The number of rotatable bonds is 6.